The summed E-state index contributed by atoms with van der Waals surface area (Å²) in [6.45, 7) is 2.20. The molecule has 27 heavy (non-hydrogen) atoms. The number of benzene rings is 1. The zero-order valence-electron chi connectivity index (χ0n) is 14.5. The van der Waals surface area contributed by atoms with E-state index in [0.717, 1.165) is 11.3 Å². The van der Waals surface area contributed by atoms with Crippen molar-refractivity contribution in [2.24, 2.45) is 0 Å². The number of carbonyl (C=O) groups is 1. The topological polar surface area (TPSA) is 92.9 Å². The normalized spacial score (nSPS) is 10.8. The van der Waals surface area contributed by atoms with Crippen molar-refractivity contribution in [1.29, 1.82) is 0 Å². The summed E-state index contributed by atoms with van der Waals surface area (Å²) in [6.07, 6.45) is 1.60. The second-order valence-electron chi connectivity index (χ2n) is 5.96. The number of halogens is 2. The van der Waals surface area contributed by atoms with E-state index >= 15 is 0 Å². The fourth-order valence-corrected chi connectivity index (χ4v) is 2.82. The van der Waals surface area contributed by atoms with Gasteiger partial charge in [0.2, 0.25) is 5.91 Å². The minimum atomic E-state index is -0.262. The van der Waals surface area contributed by atoms with Crippen molar-refractivity contribution in [3.05, 3.63) is 69.1 Å². The zero-order chi connectivity index (χ0) is 19.4. The third kappa shape index (κ3) is 4.82. The molecule has 3 aromatic rings. The van der Waals surface area contributed by atoms with Gasteiger partial charge in [0, 0.05) is 6.20 Å². The molecule has 2 N–H and O–H groups in total. The van der Waals surface area contributed by atoms with Crippen LogP contribution in [-0.4, -0.2) is 31.0 Å². The second kappa shape index (κ2) is 8.47. The molecule has 0 atom stereocenters. The van der Waals surface area contributed by atoms with Gasteiger partial charge in [0.05, 0.1) is 41.0 Å². The highest BCUT2D eigenvalue weighted by Gasteiger charge is 2.14. The van der Waals surface area contributed by atoms with E-state index in [9.17, 15) is 4.79 Å². The number of aliphatic hydroxyl groups is 1. The number of nitrogens with one attached hydrogen (secondary N) is 1. The van der Waals surface area contributed by atoms with Crippen LogP contribution in [-0.2, 0) is 24.4 Å². The number of amides is 1. The summed E-state index contributed by atoms with van der Waals surface area (Å²) >= 11 is 12.0. The van der Waals surface area contributed by atoms with Gasteiger partial charge in [-0.25, -0.2) is 9.67 Å². The molecule has 7 nitrogen and oxygen atoms in total. The summed E-state index contributed by atoms with van der Waals surface area (Å²) in [5, 5.41) is 21.0. The molecule has 0 fully saturated rings. The highest BCUT2D eigenvalue weighted by molar-refractivity contribution is 6.42. The average Bonchev–Trinajstić information content (AvgIpc) is 2.98. The van der Waals surface area contributed by atoms with Gasteiger partial charge in [-0.1, -0.05) is 34.5 Å². The lowest BCUT2D eigenvalue weighted by molar-refractivity contribution is -0.115. The molecule has 3 rings (SSSR count). The molecule has 0 aliphatic rings. The van der Waals surface area contributed by atoms with Gasteiger partial charge in [-0.05, 0) is 42.3 Å². The number of pyridine rings is 1. The Hall–Kier alpha value is -2.48. The fraction of sp³-hybridized carbons (Fsp3) is 0.222. The van der Waals surface area contributed by atoms with Crippen LogP contribution in [0.25, 0.3) is 0 Å². The first-order chi connectivity index (χ1) is 13.0. The van der Waals surface area contributed by atoms with Gasteiger partial charge >= 0.3 is 0 Å². The number of rotatable bonds is 6. The maximum atomic E-state index is 12.3. The second-order valence-corrected chi connectivity index (χ2v) is 6.77. The Morgan fingerprint density at radius 2 is 2.00 bits per heavy atom. The molecule has 0 saturated carbocycles. The number of carbonyl (C=O) groups excluding carboxylic acids is 1. The van der Waals surface area contributed by atoms with Crippen LogP contribution >= 0.6 is 23.2 Å². The molecular formula is C18H17Cl2N5O2. The fourth-order valence-electron chi connectivity index (χ4n) is 2.50. The molecule has 9 heteroatoms. The summed E-state index contributed by atoms with van der Waals surface area (Å²) < 4.78 is 1.70. The Kier molecular flexibility index (Phi) is 6.05. The van der Waals surface area contributed by atoms with Crippen LogP contribution in [0.4, 0.5) is 5.82 Å². The summed E-state index contributed by atoms with van der Waals surface area (Å²) in [5.41, 5.74) is 2.96. The van der Waals surface area contributed by atoms with Gasteiger partial charge in [0.1, 0.15) is 5.82 Å². The third-order valence-corrected chi connectivity index (χ3v) is 4.74. The predicted molar refractivity (Wildman–Crippen MR) is 103 cm³/mol. The molecule has 2 aromatic heterocycles. The smallest absolute Gasteiger partial charge is 0.231 e. The van der Waals surface area contributed by atoms with Crippen molar-refractivity contribution in [2.45, 2.75) is 26.5 Å². The van der Waals surface area contributed by atoms with E-state index in [0.29, 0.717) is 33.7 Å². The maximum Gasteiger partial charge on any atom is 0.231 e. The quantitative estimate of drug-likeness (QED) is 0.657. The van der Waals surface area contributed by atoms with Crippen LogP contribution in [0.1, 0.15) is 22.5 Å². The van der Waals surface area contributed by atoms with E-state index in [1.54, 1.807) is 28.9 Å². The number of hydrogen-bond donors (Lipinski definition) is 2. The lowest BCUT2D eigenvalue weighted by atomic mass is 10.2. The first kappa shape index (κ1) is 19.3. The van der Waals surface area contributed by atoms with Crippen molar-refractivity contribution in [2.75, 3.05) is 5.32 Å². The number of hydrogen-bond acceptors (Lipinski definition) is 5. The Balaban J connectivity index is 1.67. The van der Waals surface area contributed by atoms with Crippen LogP contribution in [0.15, 0.2) is 36.5 Å². The Bertz CT molecular complexity index is 974. The summed E-state index contributed by atoms with van der Waals surface area (Å²) in [4.78, 5) is 16.3. The van der Waals surface area contributed by atoms with Crippen LogP contribution in [0.5, 0.6) is 0 Å². The maximum absolute atomic E-state index is 12.3. The highest BCUT2D eigenvalue weighted by Crippen LogP contribution is 2.23. The van der Waals surface area contributed by atoms with Gasteiger partial charge in [-0.15, -0.1) is 5.10 Å². The Morgan fingerprint density at radius 3 is 2.74 bits per heavy atom. The largest absolute Gasteiger partial charge is 0.392 e. The third-order valence-electron chi connectivity index (χ3n) is 4.00. The van der Waals surface area contributed by atoms with Crippen molar-refractivity contribution in [3.63, 3.8) is 0 Å². The van der Waals surface area contributed by atoms with E-state index in [-0.39, 0.29) is 18.9 Å². The molecule has 2 heterocycles. The predicted octanol–water partition coefficient (Wildman–Crippen LogP) is 3.01. The zero-order valence-corrected chi connectivity index (χ0v) is 16.0. The van der Waals surface area contributed by atoms with Gasteiger partial charge < -0.3 is 10.4 Å². The van der Waals surface area contributed by atoms with Crippen LogP contribution in [0.2, 0.25) is 10.0 Å². The number of aromatic nitrogens is 4. The molecular weight excluding hydrogens is 389 g/mol. The number of nitrogens with zero attached hydrogens (tertiary/aromatic N) is 4. The summed E-state index contributed by atoms with van der Waals surface area (Å²) in [6, 6.07) is 8.66. The van der Waals surface area contributed by atoms with Gasteiger partial charge in [0.25, 0.3) is 0 Å². The molecule has 0 radical (unpaired) electrons. The van der Waals surface area contributed by atoms with E-state index < -0.39 is 0 Å². The first-order valence-electron chi connectivity index (χ1n) is 8.15. The molecule has 0 saturated heterocycles. The molecule has 0 aliphatic carbocycles. The average molecular weight is 406 g/mol. The summed E-state index contributed by atoms with van der Waals surface area (Å²) in [7, 11) is 0. The molecule has 0 bridgehead atoms. The van der Waals surface area contributed by atoms with E-state index in [2.05, 4.69) is 20.6 Å². The van der Waals surface area contributed by atoms with Crippen molar-refractivity contribution in [1.82, 2.24) is 20.0 Å². The Morgan fingerprint density at radius 1 is 1.19 bits per heavy atom. The highest BCUT2D eigenvalue weighted by atomic mass is 35.5. The van der Waals surface area contributed by atoms with Gasteiger partial charge in [0.15, 0.2) is 0 Å². The molecule has 1 aromatic carbocycles. The first-order valence-corrected chi connectivity index (χ1v) is 8.90. The lowest BCUT2D eigenvalue weighted by Gasteiger charge is -2.06. The van der Waals surface area contributed by atoms with E-state index in [1.165, 1.54) is 6.20 Å². The van der Waals surface area contributed by atoms with Crippen LogP contribution < -0.4 is 5.32 Å². The SMILES string of the molecule is Cc1c(CC(=O)Nc2cc(CO)ccn2)nnn1Cc1ccc(Cl)c(Cl)c1. The van der Waals surface area contributed by atoms with Crippen molar-refractivity contribution < 1.29 is 9.90 Å². The molecule has 140 valence electrons. The Labute approximate surface area is 165 Å². The van der Waals surface area contributed by atoms with Crippen LogP contribution in [0.3, 0.4) is 0 Å². The van der Waals surface area contributed by atoms with E-state index in [4.69, 9.17) is 28.3 Å². The molecule has 0 spiro atoms. The van der Waals surface area contributed by atoms with Gasteiger partial charge in [-0.2, -0.15) is 0 Å². The number of anilines is 1. The van der Waals surface area contributed by atoms with Crippen molar-refractivity contribution in [3.8, 4) is 0 Å². The lowest BCUT2D eigenvalue weighted by Crippen LogP contribution is -2.16. The van der Waals surface area contributed by atoms with Gasteiger partial charge in [-0.3, -0.25) is 4.79 Å². The number of aliphatic hydroxyl groups excluding tert-OH is 1. The van der Waals surface area contributed by atoms with Crippen LogP contribution in [0, 0.1) is 6.92 Å². The summed E-state index contributed by atoms with van der Waals surface area (Å²) in [5.74, 6) is 0.120. The molecule has 0 aliphatic heterocycles. The molecule has 1 amide bonds. The minimum Gasteiger partial charge on any atom is -0.392 e. The standard InChI is InChI=1S/C18H17Cl2N5O2/c1-11-16(8-18(27)22-17-7-13(10-26)4-5-21-17)23-24-25(11)9-12-2-3-14(19)15(20)6-12/h2-7,26H,8-10H2,1H3,(H,21,22,27). The van der Waals surface area contributed by atoms with Crippen molar-refractivity contribution >= 4 is 34.9 Å². The minimum absolute atomic E-state index is 0.0677. The molecule has 0 unspecified atom stereocenters. The monoisotopic (exact) mass is 405 g/mol. The van der Waals surface area contributed by atoms with E-state index in [1.807, 2.05) is 13.0 Å².